The van der Waals surface area contributed by atoms with Gasteiger partial charge in [-0.1, -0.05) is 35.9 Å². The Balaban J connectivity index is 2.19. The van der Waals surface area contributed by atoms with Crippen LogP contribution in [-0.4, -0.2) is 39.4 Å². The van der Waals surface area contributed by atoms with E-state index in [0.29, 0.717) is 0 Å². The van der Waals surface area contributed by atoms with E-state index in [-0.39, 0.29) is 18.9 Å². The summed E-state index contributed by atoms with van der Waals surface area (Å²) in [6.45, 7) is 1.99. The summed E-state index contributed by atoms with van der Waals surface area (Å²) in [5, 5.41) is 9.40. The Bertz CT molecular complexity index is 880. The van der Waals surface area contributed by atoms with Gasteiger partial charge in [-0.3, -0.25) is 4.79 Å². The Morgan fingerprint density at radius 2 is 1.88 bits per heavy atom. The number of rotatable bonds is 4. The lowest BCUT2D eigenvalue weighted by molar-refractivity contribution is -0.128. The van der Waals surface area contributed by atoms with Crippen molar-refractivity contribution in [3.05, 3.63) is 59.4 Å². The average Bonchev–Trinajstić information content (AvgIpc) is 2.93. The SMILES string of the molecule is Cc1ccc(-c2nc3ccc(CO)cn3c2CC(=O)N(C)C)cc1. The van der Waals surface area contributed by atoms with Crippen molar-refractivity contribution in [3.8, 4) is 11.3 Å². The van der Waals surface area contributed by atoms with Crippen LogP contribution in [0, 0.1) is 6.92 Å². The largest absolute Gasteiger partial charge is 0.392 e. The molecular weight excluding hydrogens is 302 g/mol. The van der Waals surface area contributed by atoms with Crippen LogP contribution in [0.25, 0.3) is 16.9 Å². The zero-order valence-electron chi connectivity index (χ0n) is 14.2. The van der Waals surface area contributed by atoms with E-state index < -0.39 is 0 Å². The van der Waals surface area contributed by atoms with E-state index in [1.165, 1.54) is 5.56 Å². The summed E-state index contributed by atoms with van der Waals surface area (Å²) in [4.78, 5) is 18.6. The zero-order chi connectivity index (χ0) is 17.3. The van der Waals surface area contributed by atoms with E-state index in [9.17, 15) is 9.90 Å². The first kappa shape index (κ1) is 16.2. The monoisotopic (exact) mass is 323 g/mol. The molecule has 3 aromatic rings. The Morgan fingerprint density at radius 1 is 1.17 bits per heavy atom. The number of likely N-dealkylation sites (N-methyl/N-ethyl adjacent to an activating group) is 1. The second-order valence-electron chi connectivity index (χ2n) is 6.16. The molecule has 1 amide bonds. The maximum atomic E-state index is 12.3. The molecule has 0 aliphatic heterocycles. The third kappa shape index (κ3) is 3.03. The summed E-state index contributed by atoms with van der Waals surface area (Å²) >= 11 is 0. The highest BCUT2D eigenvalue weighted by Crippen LogP contribution is 2.26. The highest BCUT2D eigenvalue weighted by Gasteiger charge is 2.18. The first-order valence-corrected chi connectivity index (χ1v) is 7.87. The third-order valence-electron chi connectivity index (χ3n) is 4.10. The van der Waals surface area contributed by atoms with Gasteiger partial charge in [0.1, 0.15) is 5.65 Å². The summed E-state index contributed by atoms with van der Waals surface area (Å²) in [5.74, 6) is 0.0135. The summed E-state index contributed by atoms with van der Waals surface area (Å²) < 4.78 is 1.90. The number of hydrogen-bond donors (Lipinski definition) is 1. The lowest BCUT2D eigenvalue weighted by Gasteiger charge is -2.11. The van der Waals surface area contributed by atoms with E-state index in [1.54, 1.807) is 19.0 Å². The van der Waals surface area contributed by atoms with Gasteiger partial charge in [0.05, 0.1) is 24.4 Å². The minimum atomic E-state index is -0.0466. The fourth-order valence-electron chi connectivity index (χ4n) is 2.64. The molecule has 0 aliphatic rings. The molecule has 0 fully saturated rings. The number of carbonyl (C=O) groups excluding carboxylic acids is 1. The van der Waals surface area contributed by atoms with E-state index in [2.05, 4.69) is 0 Å². The fraction of sp³-hybridized carbons (Fsp3) is 0.263. The molecule has 0 saturated heterocycles. The molecule has 1 aromatic carbocycles. The molecule has 2 aromatic heterocycles. The Kier molecular flexibility index (Phi) is 4.36. The average molecular weight is 323 g/mol. The maximum absolute atomic E-state index is 12.3. The number of imidazole rings is 1. The molecule has 124 valence electrons. The maximum Gasteiger partial charge on any atom is 0.228 e. The number of pyridine rings is 1. The molecule has 1 N–H and O–H groups in total. The van der Waals surface area contributed by atoms with Crippen molar-refractivity contribution < 1.29 is 9.90 Å². The molecule has 0 bridgehead atoms. The van der Waals surface area contributed by atoms with Crippen LogP contribution in [0.2, 0.25) is 0 Å². The van der Waals surface area contributed by atoms with Crippen LogP contribution in [0.1, 0.15) is 16.8 Å². The van der Waals surface area contributed by atoms with Gasteiger partial charge in [-0.15, -0.1) is 0 Å². The quantitative estimate of drug-likeness (QED) is 0.802. The van der Waals surface area contributed by atoms with Crippen LogP contribution in [0.15, 0.2) is 42.6 Å². The Morgan fingerprint density at radius 3 is 2.50 bits per heavy atom. The Labute approximate surface area is 141 Å². The van der Waals surface area contributed by atoms with Crippen molar-refractivity contribution in [2.24, 2.45) is 0 Å². The van der Waals surface area contributed by atoms with Gasteiger partial charge in [0.2, 0.25) is 5.91 Å². The number of aromatic nitrogens is 2. The minimum Gasteiger partial charge on any atom is -0.392 e. The number of aliphatic hydroxyl groups is 1. The van der Waals surface area contributed by atoms with Gasteiger partial charge in [-0.25, -0.2) is 4.98 Å². The second kappa shape index (κ2) is 6.45. The van der Waals surface area contributed by atoms with Crippen LogP contribution in [0.5, 0.6) is 0 Å². The molecule has 2 heterocycles. The van der Waals surface area contributed by atoms with E-state index in [1.807, 2.05) is 53.9 Å². The van der Waals surface area contributed by atoms with Gasteiger partial charge in [-0.05, 0) is 18.6 Å². The van der Waals surface area contributed by atoms with E-state index in [4.69, 9.17) is 4.98 Å². The zero-order valence-corrected chi connectivity index (χ0v) is 14.2. The van der Waals surface area contributed by atoms with Gasteiger partial charge in [0.25, 0.3) is 0 Å². The first-order valence-electron chi connectivity index (χ1n) is 7.87. The minimum absolute atomic E-state index is 0.0135. The summed E-state index contributed by atoms with van der Waals surface area (Å²) in [5.41, 5.74) is 5.36. The lowest BCUT2D eigenvalue weighted by Crippen LogP contribution is -2.24. The molecule has 0 unspecified atom stereocenters. The number of benzene rings is 1. The number of fused-ring (bicyclic) bond motifs is 1. The van der Waals surface area contributed by atoms with Crippen LogP contribution < -0.4 is 0 Å². The molecule has 5 heteroatoms. The van der Waals surface area contributed by atoms with Gasteiger partial charge < -0.3 is 14.4 Å². The molecule has 0 saturated carbocycles. The van der Waals surface area contributed by atoms with Crippen LogP contribution in [-0.2, 0) is 17.8 Å². The van der Waals surface area contributed by atoms with Crippen molar-refractivity contribution in [2.75, 3.05) is 14.1 Å². The van der Waals surface area contributed by atoms with Gasteiger partial charge in [-0.2, -0.15) is 0 Å². The highest BCUT2D eigenvalue weighted by molar-refractivity contribution is 5.81. The van der Waals surface area contributed by atoms with Gasteiger partial charge in [0.15, 0.2) is 0 Å². The van der Waals surface area contributed by atoms with Crippen LogP contribution in [0.4, 0.5) is 0 Å². The van der Waals surface area contributed by atoms with E-state index >= 15 is 0 Å². The summed E-state index contributed by atoms with van der Waals surface area (Å²) in [6, 6.07) is 11.8. The molecule has 0 atom stereocenters. The predicted octanol–water partition coefficient (Wildman–Crippen LogP) is 2.43. The molecule has 5 nitrogen and oxygen atoms in total. The van der Waals surface area contributed by atoms with Crippen molar-refractivity contribution in [1.82, 2.24) is 14.3 Å². The first-order chi connectivity index (χ1) is 11.5. The standard InChI is InChI=1S/C19H21N3O2/c1-13-4-7-15(8-5-13)19-16(10-18(24)21(2)3)22-11-14(12-23)6-9-17(22)20-19/h4-9,11,23H,10,12H2,1-3H3. The van der Waals surface area contributed by atoms with Crippen LogP contribution >= 0.6 is 0 Å². The predicted molar refractivity (Wildman–Crippen MR) is 93.7 cm³/mol. The van der Waals surface area contributed by atoms with E-state index in [0.717, 1.165) is 28.2 Å². The van der Waals surface area contributed by atoms with Gasteiger partial charge >= 0.3 is 0 Å². The van der Waals surface area contributed by atoms with Crippen molar-refractivity contribution in [1.29, 1.82) is 0 Å². The number of nitrogens with zero attached hydrogens (tertiary/aromatic N) is 3. The van der Waals surface area contributed by atoms with Crippen molar-refractivity contribution >= 4 is 11.6 Å². The Hall–Kier alpha value is -2.66. The summed E-state index contributed by atoms with van der Waals surface area (Å²) in [7, 11) is 3.49. The van der Waals surface area contributed by atoms with Crippen molar-refractivity contribution in [2.45, 2.75) is 20.0 Å². The summed E-state index contributed by atoms with van der Waals surface area (Å²) in [6.07, 6.45) is 2.10. The normalized spacial score (nSPS) is 11.0. The topological polar surface area (TPSA) is 57.8 Å². The van der Waals surface area contributed by atoms with Gasteiger partial charge in [0, 0.05) is 25.9 Å². The molecule has 0 radical (unpaired) electrons. The number of hydrogen-bond acceptors (Lipinski definition) is 3. The molecule has 3 rings (SSSR count). The molecule has 0 spiro atoms. The molecular formula is C19H21N3O2. The molecule has 24 heavy (non-hydrogen) atoms. The number of aliphatic hydroxyl groups excluding tert-OH is 1. The highest BCUT2D eigenvalue weighted by atomic mass is 16.3. The fourth-order valence-corrected chi connectivity index (χ4v) is 2.64. The molecule has 0 aliphatic carbocycles. The number of aryl methyl sites for hydroxylation is 1. The van der Waals surface area contributed by atoms with Crippen LogP contribution in [0.3, 0.4) is 0 Å². The third-order valence-corrected chi connectivity index (χ3v) is 4.10. The van der Waals surface area contributed by atoms with Crippen molar-refractivity contribution in [3.63, 3.8) is 0 Å². The number of carbonyl (C=O) groups is 1. The number of amides is 1. The lowest BCUT2D eigenvalue weighted by atomic mass is 10.1. The smallest absolute Gasteiger partial charge is 0.228 e. The second-order valence-corrected chi connectivity index (χ2v) is 6.16.